The summed E-state index contributed by atoms with van der Waals surface area (Å²) in [5.74, 6) is -0.444. The molecule has 2 aromatic heterocycles. The lowest BCUT2D eigenvalue weighted by molar-refractivity contribution is -0.387. The number of alkyl halides is 1. The standard InChI is InChI=1S/C10H10FN5O4/c11-6-1-5(2-17)20-10(6)15-4-14-7-8(15)12-3-13-9(7)16(18)19/h3-6,10,17H,1-2H2/t5-,6-,10+/m0/s1. The minimum atomic E-state index is -1.35. The first kappa shape index (κ1) is 12.8. The zero-order valence-corrected chi connectivity index (χ0v) is 10.1. The Kier molecular flexibility index (Phi) is 3.03. The lowest BCUT2D eigenvalue weighted by Crippen LogP contribution is -2.16. The minimum Gasteiger partial charge on any atom is -0.394 e. The smallest absolute Gasteiger partial charge is 0.394 e. The SMILES string of the molecule is O=[N+]([O-])c1ncnc2c1ncn2[C@@H]1O[C@H](CO)C[C@@H]1F. The van der Waals surface area contributed by atoms with Crippen molar-refractivity contribution in [1.82, 2.24) is 19.5 Å². The van der Waals surface area contributed by atoms with Crippen molar-refractivity contribution >= 4 is 17.0 Å². The number of nitrogens with zero attached hydrogens (tertiary/aromatic N) is 5. The minimum absolute atomic E-state index is 0.0271. The van der Waals surface area contributed by atoms with E-state index >= 15 is 0 Å². The highest BCUT2D eigenvalue weighted by Gasteiger charge is 2.37. The molecule has 1 fully saturated rings. The summed E-state index contributed by atoms with van der Waals surface area (Å²) in [5.41, 5.74) is 0.0960. The van der Waals surface area contributed by atoms with Crippen LogP contribution in [0.4, 0.5) is 10.2 Å². The van der Waals surface area contributed by atoms with Gasteiger partial charge in [0.05, 0.1) is 19.0 Å². The van der Waals surface area contributed by atoms with E-state index < -0.39 is 29.2 Å². The summed E-state index contributed by atoms with van der Waals surface area (Å²) in [7, 11) is 0. The molecular weight excluding hydrogens is 273 g/mol. The van der Waals surface area contributed by atoms with Gasteiger partial charge in [-0.05, 0) is 9.91 Å². The Morgan fingerprint density at radius 1 is 1.55 bits per heavy atom. The van der Waals surface area contributed by atoms with Crippen molar-refractivity contribution in [3.63, 3.8) is 0 Å². The molecule has 0 amide bonds. The molecule has 1 aliphatic rings. The average Bonchev–Trinajstić information content (AvgIpc) is 3.01. The molecule has 10 heteroatoms. The highest BCUT2D eigenvalue weighted by atomic mass is 19.1. The Balaban J connectivity index is 2.05. The number of aromatic nitrogens is 4. The molecule has 3 rings (SSSR count). The third-order valence-corrected chi connectivity index (χ3v) is 3.12. The first-order valence-corrected chi connectivity index (χ1v) is 5.84. The summed E-state index contributed by atoms with van der Waals surface area (Å²) in [6.07, 6.45) is -0.670. The third kappa shape index (κ3) is 1.89. The molecular formula is C10H10FN5O4. The molecule has 0 saturated carbocycles. The summed E-state index contributed by atoms with van der Waals surface area (Å²) in [5, 5.41) is 19.8. The fraction of sp³-hybridized carbons (Fsp3) is 0.500. The monoisotopic (exact) mass is 283 g/mol. The Bertz CT molecular complexity index is 662. The maximum absolute atomic E-state index is 13.9. The van der Waals surface area contributed by atoms with Gasteiger partial charge in [-0.15, -0.1) is 0 Å². The second kappa shape index (κ2) is 4.72. The van der Waals surface area contributed by atoms with E-state index in [0.717, 1.165) is 6.33 Å². The van der Waals surface area contributed by atoms with E-state index in [1.165, 1.54) is 10.9 Å². The van der Waals surface area contributed by atoms with Crippen molar-refractivity contribution < 1.29 is 19.2 Å². The van der Waals surface area contributed by atoms with Crippen LogP contribution in [0.1, 0.15) is 12.6 Å². The van der Waals surface area contributed by atoms with Gasteiger partial charge in [0.25, 0.3) is 0 Å². The molecule has 2 aromatic rings. The summed E-state index contributed by atoms with van der Waals surface area (Å²) >= 11 is 0. The highest BCUT2D eigenvalue weighted by Crippen LogP contribution is 2.33. The summed E-state index contributed by atoms with van der Waals surface area (Å²) in [6.45, 7) is -0.293. The van der Waals surface area contributed by atoms with Crippen LogP contribution >= 0.6 is 0 Å². The van der Waals surface area contributed by atoms with Gasteiger partial charge in [0.2, 0.25) is 11.8 Å². The number of hydrogen-bond donors (Lipinski definition) is 1. The Morgan fingerprint density at radius 3 is 3.00 bits per heavy atom. The maximum atomic E-state index is 13.9. The second-order valence-corrected chi connectivity index (χ2v) is 4.36. The number of ether oxygens (including phenoxy) is 1. The van der Waals surface area contributed by atoms with Crippen LogP contribution < -0.4 is 0 Å². The van der Waals surface area contributed by atoms with E-state index in [1.807, 2.05) is 0 Å². The second-order valence-electron chi connectivity index (χ2n) is 4.36. The third-order valence-electron chi connectivity index (χ3n) is 3.12. The van der Waals surface area contributed by atoms with Crippen LogP contribution in [-0.2, 0) is 4.74 Å². The largest absolute Gasteiger partial charge is 0.395 e. The summed E-state index contributed by atoms with van der Waals surface area (Å²) < 4.78 is 20.5. The normalized spacial score (nSPS) is 26.2. The van der Waals surface area contributed by atoms with Crippen molar-refractivity contribution in [3.05, 3.63) is 22.8 Å². The van der Waals surface area contributed by atoms with Crippen LogP contribution in [0, 0.1) is 10.1 Å². The molecule has 20 heavy (non-hydrogen) atoms. The lowest BCUT2D eigenvalue weighted by Gasteiger charge is -2.14. The molecule has 9 nitrogen and oxygen atoms in total. The molecule has 106 valence electrons. The molecule has 1 saturated heterocycles. The van der Waals surface area contributed by atoms with E-state index in [4.69, 9.17) is 9.84 Å². The highest BCUT2D eigenvalue weighted by molar-refractivity contribution is 5.78. The fourth-order valence-corrected chi connectivity index (χ4v) is 2.22. The first-order chi connectivity index (χ1) is 9.61. The number of halogens is 1. The summed E-state index contributed by atoms with van der Waals surface area (Å²) in [6, 6.07) is 0. The molecule has 0 aromatic carbocycles. The van der Waals surface area contributed by atoms with E-state index in [1.54, 1.807) is 0 Å². The van der Waals surface area contributed by atoms with Crippen molar-refractivity contribution in [1.29, 1.82) is 0 Å². The molecule has 0 unspecified atom stereocenters. The Labute approximate surface area is 111 Å². The molecule has 3 heterocycles. The topological polar surface area (TPSA) is 116 Å². The van der Waals surface area contributed by atoms with E-state index in [9.17, 15) is 14.5 Å². The predicted octanol–water partition coefficient (Wildman–Crippen LogP) is 0.352. The molecule has 0 spiro atoms. The van der Waals surface area contributed by atoms with Crippen LogP contribution in [0.25, 0.3) is 11.2 Å². The zero-order valence-electron chi connectivity index (χ0n) is 10.1. The van der Waals surface area contributed by atoms with Gasteiger partial charge in [0.1, 0.15) is 6.17 Å². The van der Waals surface area contributed by atoms with Crippen LogP contribution in [0.3, 0.4) is 0 Å². The Morgan fingerprint density at radius 2 is 2.35 bits per heavy atom. The van der Waals surface area contributed by atoms with E-state index in [0.29, 0.717) is 0 Å². The summed E-state index contributed by atoms with van der Waals surface area (Å²) in [4.78, 5) is 21.4. The number of imidazole rings is 1. The Hall–Kier alpha value is -2.20. The van der Waals surface area contributed by atoms with Gasteiger partial charge in [-0.3, -0.25) is 4.57 Å². The number of hydrogen-bond acceptors (Lipinski definition) is 7. The van der Waals surface area contributed by atoms with Gasteiger partial charge in [-0.2, -0.15) is 4.98 Å². The molecule has 0 aliphatic carbocycles. The molecule has 1 aliphatic heterocycles. The fourth-order valence-electron chi connectivity index (χ4n) is 2.22. The van der Waals surface area contributed by atoms with Crippen molar-refractivity contribution in [2.75, 3.05) is 6.61 Å². The van der Waals surface area contributed by atoms with Crippen LogP contribution in [0.5, 0.6) is 0 Å². The number of rotatable bonds is 3. The van der Waals surface area contributed by atoms with Gasteiger partial charge in [0.15, 0.2) is 11.9 Å². The number of aliphatic hydroxyl groups excluding tert-OH is 1. The first-order valence-electron chi connectivity index (χ1n) is 5.84. The number of nitro groups is 1. The van der Waals surface area contributed by atoms with Gasteiger partial charge in [0, 0.05) is 6.42 Å². The predicted molar refractivity (Wildman–Crippen MR) is 62.5 cm³/mol. The van der Waals surface area contributed by atoms with Gasteiger partial charge < -0.3 is 20.0 Å². The van der Waals surface area contributed by atoms with E-state index in [-0.39, 0.29) is 24.2 Å². The zero-order chi connectivity index (χ0) is 14.3. The van der Waals surface area contributed by atoms with Gasteiger partial charge in [-0.25, -0.2) is 9.37 Å². The van der Waals surface area contributed by atoms with Gasteiger partial charge in [-0.1, -0.05) is 0 Å². The molecule has 0 radical (unpaired) electrons. The van der Waals surface area contributed by atoms with Crippen LogP contribution in [0.2, 0.25) is 0 Å². The van der Waals surface area contributed by atoms with Gasteiger partial charge >= 0.3 is 5.82 Å². The maximum Gasteiger partial charge on any atom is 0.395 e. The number of fused-ring (bicyclic) bond motifs is 1. The number of aliphatic hydroxyl groups is 1. The van der Waals surface area contributed by atoms with Crippen molar-refractivity contribution in [2.45, 2.75) is 24.9 Å². The van der Waals surface area contributed by atoms with E-state index in [2.05, 4.69) is 15.0 Å². The molecule has 1 N–H and O–H groups in total. The molecule has 0 bridgehead atoms. The van der Waals surface area contributed by atoms with Crippen molar-refractivity contribution in [2.24, 2.45) is 0 Å². The van der Waals surface area contributed by atoms with Crippen molar-refractivity contribution in [3.8, 4) is 0 Å². The molecule has 3 atom stereocenters. The average molecular weight is 283 g/mol. The lowest BCUT2D eigenvalue weighted by atomic mass is 10.2. The quantitative estimate of drug-likeness (QED) is 0.638. The van der Waals surface area contributed by atoms with Crippen LogP contribution in [0.15, 0.2) is 12.7 Å². The van der Waals surface area contributed by atoms with Crippen LogP contribution in [-0.4, -0.2) is 48.4 Å².